The number of ether oxygens (including phenoxy) is 1. The molecule has 3 nitrogen and oxygen atoms in total. The number of benzene rings is 1. The van der Waals surface area contributed by atoms with Crippen LogP contribution in [0.4, 0.5) is 5.69 Å². The number of nitrogens with one attached hydrogen (secondary N) is 1. The second-order valence-electron chi connectivity index (χ2n) is 4.56. The number of esters is 1. The van der Waals surface area contributed by atoms with Crippen LogP contribution in [0.5, 0.6) is 0 Å². The highest BCUT2D eigenvalue weighted by Crippen LogP contribution is 2.23. The third-order valence-electron chi connectivity index (χ3n) is 1.89. The van der Waals surface area contributed by atoms with E-state index in [4.69, 9.17) is 4.74 Å². The number of carbonyl (C=O) groups is 1. The predicted octanol–water partition coefficient (Wildman–Crippen LogP) is 3.45. The fourth-order valence-corrected chi connectivity index (χ4v) is 1.71. The first-order valence-corrected chi connectivity index (χ1v) is 5.79. The Morgan fingerprint density at radius 2 is 2.00 bits per heavy atom. The Morgan fingerprint density at radius 3 is 2.50 bits per heavy atom. The normalized spacial score (nSPS) is 11.1. The SMILES string of the molecule is COC(=O)c1cc(NC(C)(C)C)ccc1Br. The van der Waals surface area contributed by atoms with E-state index in [1.807, 2.05) is 12.1 Å². The van der Waals surface area contributed by atoms with Gasteiger partial charge in [0.1, 0.15) is 0 Å². The Balaban J connectivity index is 3.03. The van der Waals surface area contributed by atoms with Crippen molar-refractivity contribution in [1.82, 2.24) is 0 Å². The van der Waals surface area contributed by atoms with Crippen LogP contribution in [0, 0.1) is 0 Å². The van der Waals surface area contributed by atoms with Gasteiger partial charge in [-0.2, -0.15) is 0 Å². The first-order valence-electron chi connectivity index (χ1n) is 4.99. The van der Waals surface area contributed by atoms with E-state index >= 15 is 0 Å². The lowest BCUT2D eigenvalue weighted by atomic mass is 10.1. The van der Waals surface area contributed by atoms with Gasteiger partial charge in [-0.1, -0.05) is 0 Å². The van der Waals surface area contributed by atoms with Gasteiger partial charge < -0.3 is 10.1 Å². The van der Waals surface area contributed by atoms with Crippen LogP contribution < -0.4 is 5.32 Å². The highest BCUT2D eigenvalue weighted by Gasteiger charge is 2.14. The van der Waals surface area contributed by atoms with Gasteiger partial charge in [-0.3, -0.25) is 0 Å². The van der Waals surface area contributed by atoms with Crippen LogP contribution in [-0.4, -0.2) is 18.6 Å². The second-order valence-corrected chi connectivity index (χ2v) is 5.42. The van der Waals surface area contributed by atoms with Crippen molar-refractivity contribution in [2.75, 3.05) is 12.4 Å². The van der Waals surface area contributed by atoms with Crippen molar-refractivity contribution in [3.63, 3.8) is 0 Å². The molecular weight excluding hydrogens is 270 g/mol. The molecule has 0 aliphatic heterocycles. The van der Waals surface area contributed by atoms with Gasteiger partial charge in [0.25, 0.3) is 0 Å². The molecule has 0 saturated carbocycles. The average molecular weight is 286 g/mol. The summed E-state index contributed by atoms with van der Waals surface area (Å²) in [7, 11) is 1.37. The number of hydrogen-bond acceptors (Lipinski definition) is 3. The van der Waals surface area contributed by atoms with E-state index in [2.05, 4.69) is 42.0 Å². The highest BCUT2D eigenvalue weighted by molar-refractivity contribution is 9.10. The fourth-order valence-electron chi connectivity index (χ4n) is 1.30. The molecule has 0 radical (unpaired) electrons. The quantitative estimate of drug-likeness (QED) is 0.846. The first kappa shape index (κ1) is 13.0. The minimum Gasteiger partial charge on any atom is -0.465 e. The topological polar surface area (TPSA) is 38.3 Å². The molecule has 4 heteroatoms. The van der Waals surface area contributed by atoms with Crippen LogP contribution in [0.1, 0.15) is 31.1 Å². The molecule has 0 saturated heterocycles. The molecule has 1 rings (SSSR count). The average Bonchev–Trinajstić information content (AvgIpc) is 2.18. The summed E-state index contributed by atoms with van der Waals surface area (Å²) in [6.45, 7) is 6.19. The van der Waals surface area contributed by atoms with Crippen LogP contribution in [0.25, 0.3) is 0 Å². The Morgan fingerprint density at radius 1 is 1.38 bits per heavy atom. The minimum atomic E-state index is -0.343. The lowest BCUT2D eigenvalue weighted by molar-refractivity contribution is 0.0599. The van der Waals surface area contributed by atoms with Gasteiger partial charge in [-0.25, -0.2) is 4.79 Å². The summed E-state index contributed by atoms with van der Waals surface area (Å²) >= 11 is 3.32. The number of hydrogen-bond donors (Lipinski definition) is 1. The van der Waals surface area contributed by atoms with Crippen molar-refractivity contribution in [3.05, 3.63) is 28.2 Å². The minimum absolute atomic E-state index is 0.0405. The summed E-state index contributed by atoms with van der Waals surface area (Å²) in [5.41, 5.74) is 1.38. The smallest absolute Gasteiger partial charge is 0.339 e. The lowest BCUT2D eigenvalue weighted by Gasteiger charge is -2.22. The molecule has 0 aliphatic rings. The van der Waals surface area contributed by atoms with Crippen molar-refractivity contribution in [2.24, 2.45) is 0 Å². The summed E-state index contributed by atoms with van der Waals surface area (Å²) < 4.78 is 5.44. The zero-order chi connectivity index (χ0) is 12.3. The van der Waals surface area contributed by atoms with Crippen molar-refractivity contribution in [2.45, 2.75) is 26.3 Å². The van der Waals surface area contributed by atoms with Gasteiger partial charge in [-0.15, -0.1) is 0 Å². The summed E-state index contributed by atoms with van der Waals surface area (Å²) in [5.74, 6) is -0.343. The molecule has 0 heterocycles. The Hall–Kier alpha value is -1.03. The van der Waals surface area contributed by atoms with E-state index in [1.54, 1.807) is 6.07 Å². The van der Waals surface area contributed by atoms with E-state index in [0.717, 1.165) is 10.2 Å². The standard InChI is InChI=1S/C12H16BrNO2/c1-12(2,3)14-8-5-6-10(13)9(7-8)11(15)16-4/h5-7,14H,1-4H3. The van der Waals surface area contributed by atoms with Crippen molar-refractivity contribution in [1.29, 1.82) is 0 Å². The van der Waals surface area contributed by atoms with Crippen molar-refractivity contribution in [3.8, 4) is 0 Å². The number of rotatable bonds is 2. The van der Waals surface area contributed by atoms with Crippen LogP contribution in [-0.2, 0) is 4.74 Å². The van der Waals surface area contributed by atoms with Crippen LogP contribution >= 0.6 is 15.9 Å². The predicted molar refractivity (Wildman–Crippen MR) is 68.9 cm³/mol. The monoisotopic (exact) mass is 285 g/mol. The van der Waals surface area contributed by atoms with Gasteiger partial charge in [0.15, 0.2) is 0 Å². The van der Waals surface area contributed by atoms with Crippen LogP contribution in [0.2, 0.25) is 0 Å². The molecule has 1 N–H and O–H groups in total. The fraction of sp³-hybridized carbons (Fsp3) is 0.417. The molecule has 1 aromatic rings. The molecule has 88 valence electrons. The van der Waals surface area contributed by atoms with Crippen LogP contribution in [0.3, 0.4) is 0 Å². The van der Waals surface area contributed by atoms with E-state index in [1.165, 1.54) is 7.11 Å². The zero-order valence-corrected chi connectivity index (χ0v) is 11.5. The Labute approximate surface area is 104 Å². The maximum atomic E-state index is 11.5. The molecule has 16 heavy (non-hydrogen) atoms. The number of halogens is 1. The lowest BCUT2D eigenvalue weighted by Crippen LogP contribution is -2.26. The van der Waals surface area contributed by atoms with E-state index < -0.39 is 0 Å². The molecule has 0 fully saturated rings. The molecule has 0 aromatic heterocycles. The third-order valence-corrected chi connectivity index (χ3v) is 2.58. The molecule has 0 bridgehead atoms. The molecule has 0 unspecified atom stereocenters. The van der Waals surface area contributed by atoms with Gasteiger partial charge in [0.05, 0.1) is 12.7 Å². The van der Waals surface area contributed by atoms with Gasteiger partial charge >= 0.3 is 5.97 Å². The van der Waals surface area contributed by atoms with Crippen LogP contribution in [0.15, 0.2) is 22.7 Å². The number of methoxy groups -OCH3 is 1. The number of anilines is 1. The van der Waals surface area contributed by atoms with Gasteiger partial charge in [0, 0.05) is 15.7 Å². The molecule has 0 amide bonds. The van der Waals surface area contributed by atoms with Gasteiger partial charge in [0.2, 0.25) is 0 Å². The summed E-state index contributed by atoms with van der Waals surface area (Å²) in [4.78, 5) is 11.5. The summed E-state index contributed by atoms with van der Waals surface area (Å²) in [6.07, 6.45) is 0. The largest absolute Gasteiger partial charge is 0.465 e. The molecule has 0 atom stereocenters. The summed E-state index contributed by atoms with van der Waals surface area (Å²) in [5, 5.41) is 3.30. The number of carbonyl (C=O) groups excluding carboxylic acids is 1. The van der Waals surface area contributed by atoms with E-state index in [9.17, 15) is 4.79 Å². The Bertz CT molecular complexity index is 396. The van der Waals surface area contributed by atoms with E-state index in [-0.39, 0.29) is 11.5 Å². The summed E-state index contributed by atoms with van der Waals surface area (Å²) in [6, 6.07) is 5.53. The molecule has 0 spiro atoms. The molecule has 0 aliphatic carbocycles. The maximum absolute atomic E-state index is 11.5. The second kappa shape index (κ2) is 4.87. The first-order chi connectivity index (χ1) is 7.33. The maximum Gasteiger partial charge on any atom is 0.339 e. The van der Waals surface area contributed by atoms with Gasteiger partial charge in [-0.05, 0) is 54.9 Å². The third kappa shape index (κ3) is 3.52. The van der Waals surface area contributed by atoms with Crippen molar-refractivity contribution < 1.29 is 9.53 Å². The Kier molecular flexibility index (Phi) is 3.97. The molecule has 1 aromatic carbocycles. The zero-order valence-electron chi connectivity index (χ0n) is 9.93. The highest BCUT2D eigenvalue weighted by atomic mass is 79.9. The molecular formula is C12H16BrNO2. The van der Waals surface area contributed by atoms with E-state index in [0.29, 0.717) is 5.56 Å². The van der Waals surface area contributed by atoms with Crippen molar-refractivity contribution >= 4 is 27.6 Å².